The van der Waals surface area contributed by atoms with Gasteiger partial charge in [-0.05, 0) is 56.4 Å². The second kappa shape index (κ2) is 4.69. The minimum Gasteiger partial charge on any atom is -0.490 e. The molecule has 1 aromatic rings. The van der Waals surface area contributed by atoms with E-state index < -0.39 is 0 Å². The third kappa shape index (κ3) is 2.63. The van der Waals surface area contributed by atoms with Crippen molar-refractivity contribution in [3.63, 3.8) is 0 Å². The normalized spacial score (nSPS) is 15.6. The lowest BCUT2D eigenvalue weighted by Gasteiger charge is -2.14. The minimum absolute atomic E-state index is 0.0306. The van der Waals surface area contributed by atoms with E-state index in [0.29, 0.717) is 6.42 Å². The summed E-state index contributed by atoms with van der Waals surface area (Å²) in [6, 6.07) is 6.29. The molecule has 0 N–H and O–H groups in total. The van der Waals surface area contributed by atoms with Gasteiger partial charge in [-0.3, -0.25) is 4.79 Å². The molecule has 1 aliphatic carbocycles. The number of carbonyl (C=O) groups is 1. The predicted molar refractivity (Wildman–Crippen MR) is 63.9 cm³/mol. The summed E-state index contributed by atoms with van der Waals surface area (Å²) in [5.74, 6) is 1.07. The van der Waals surface area contributed by atoms with Crippen LogP contribution in [0.1, 0.15) is 37.8 Å². The largest absolute Gasteiger partial charge is 0.490 e. The maximum Gasteiger partial charge on any atom is 0.133 e. The van der Waals surface area contributed by atoms with E-state index in [1.807, 2.05) is 13.0 Å². The van der Waals surface area contributed by atoms with Crippen LogP contribution in [0, 0.1) is 0 Å². The summed E-state index contributed by atoms with van der Waals surface area (Å²) in [4.78, 5) is 11.0. The summed E-state index contributed by atoms with van der Waals surface area (Å²) in [6.45, 7) is 3.54. The first-order chi connectivity index (χ1) is 7.65. The Balaban J connectivity index is 2.02. The van der Waals surface area contributed by atoms with E-state index in [9.17, 15) is 4.79 Å². The van der Waals surface area contributed by atoms with Crippen LogP contribution in [0.25, 0.3) is 0 Å². The smallest absolute Gasteiger partial charge is 0.133 e. The molecule has 0 aliphatic heterocycles. The van der Waals surface area contributed by atoms with Crippen molar-refractivity contribution in [2.45, 2.75) is 45.6 Å². The predicted octanol–water partition coefficient (Wildman–Crippen LogP) is 2.92. The third-order valence-corrected chi connectivity index (χ3v) is 2.98. The van der Waals surface area contributed by atoms with Crippen molar-refractivity contribution < 1.29 is 9.53 Å². The maximum absolute atomic E-state index is 11.0. The average Bonchev–Trinajstić information content (AvgIpc) is 2.63. The number of rotatable bonds is 4. The topological polar surface area (TPSA) is 26.3 Å². The summed E-state index contributed by atoms with van der Waals surface area (Å²) in [7, 11) is 0. The molecule has 0 saturated carbocycles. The van der Waals surface area contributed by atoms with Crippen LogP contribution >= 0.6 is 0 Å². The molecule has 2 heteroatoms. The van der Waals surface area contributed by atoms with Crippen molar-refractivity contribution in [3.05, 3.63) is 29.3 Å². The number of hydrogen-bond acceptors (Lipinski definition) is 2. The number of fused-ring (bicyclic) bond motifs is 1. The van der Waals surface area contributed by atoms with Gasteiger partial charge < -0.3 is 4.74 Å². The SMILES string of the molecule is CC(=O)CC(C)Oc1ccc2c(c1)CCC2. The van der Waals surface area contributed by atoms with Crippen molar-refractivity contribution in [2.75, 3.05) is 0 Å². The van der Waals surface area contributed by atoms with Crippen molar-refractivity contribution in [1.82, 2.24) is 0 Å². The fraction of sp³-hybridized carbons (Fsp3) is 0.500. The lowest BCUT2D eigenvalue weighted by atomic mass is 10.1. The summed E-state index contributed by atoms with van der Waals surface area (Å²) >= 11 is 0. The molecule has 0 bridgehead atoms. The van der Waals surface area contributed by atoms with Gasteiger partial charge in [0, 0.05) is 6.42 Å². The van der Waals surface area contributed by atoms with Crippen LogP contribution in [0.2, 0.25) is 0 Å². The van der Waals surface area contributed by atoms with E-state index in [-0.39, 0.29) is 11.9 Å². The quantitative estimate of drug-likeness (QED) is 0.776. The van der Waals surface area contributed by atoms with Gasteiger partial charge in [-0.25, -0.2) is 0 Å². The Morgan fingerprint density at radius 3 is 2.88 bits per heavy atom. The van der Waals surface area contributed by atoms with E-state index in [1.165, 1.54) is 24.0 Å². The Morgan fingerprint density at radius 2 is 2.12 bits per heavy atom. The van der Waals surface area contributed by atoms with Crippen LogP contribution in [0.3, 0.4) is 0 Å². The number of carbonyl (C=O) groups excluding carboxylic acids is 1. The molecular weight excluding hydrogens is 200 g/mol. The molecule has 0 fully saturated rings. The molecule has 86 valence electrons. The highest BCUT2D eigenvalue weighted by Crippen LogP contribution is 2.26. The van der Waals surface area contributed by atoms with Gasteiger partial charge in [-0.15, -0.1) is 0 Å². The molecule has 0 radical (unpaired) electrons. The zero-order valence-corrected chi connectivity index (χ0v) is 9.95. The first kappa shape index (κ1) is 11.2. The zero-order valence-electron chi connectivity index (χ0n) is 9.95. The molecule has 2 nitrogen and oxygen atoms in total. The second-order valence-corrected chi connectivity index (χ2v) is 4.62. The molecule has 2 rings (SSSR count). The summed E-state index contributed by atoms with van der Waals surface area (Å²) in [5, 5.41) is 0. The van der Waals surface area contributed by atoms with E-state index in [1.54, 1.807) is 6.92 Å². The molecule has 1 aliphatic rings. The van der Waals surface area contributed by atoms with Crippen LogP contribution in [-0.2, 0) is 17.6 Å². The van der Waals surface area contributed by atoms with Crippen LogP contribution in [-0.4, -0.2) is 11.9 Å². The standard InChI is InChI=1S/C14H18O2/c1-10(15)8-11(2)16-14-7-6-12-4-3-5-13(12)9-14/h6-7,9,11H,3-5,8H2,1-2H3. The lowest BCUT2D eigenvalue weighted by molar-refractivity contribution is -0.118. The van der Waals surface area contributed by atoms with Gasteiger partial charge in [0.1, 0.15) is 17.6 Å². The average molecular weight is 218 g/mol. The number of Topliss-reactive ketones (excluding diaryl/α,β-unsaturated/α-hetero) is 1. The van der Waals surface area contributed by atoms with Crippen molar-refractivity contribution in [1.29, 1.82) is 0 Å². The third-order valence-electron chi connectivity index (χ3n) is 2.98. The molecule has 16 heavy (non-hydrogen) atoms. The van der Waals surface area contributed by atoms with Crippen LogP contribution in [0.4, 0.5) is 0 Å². The highest BCUT2D eigenvalue weighted by molar-refractivity contribution is 5.75. The molecule has 0 amide bonds. The maximum atomic E-state index is 11.0. The zero-order chi connectivity index (χ0) is 11.5. The summed E-state index contributed by atoms with van der Waals surface area (Å²) < 4.78 is 5.73. The Hall–Kier alpha value is -1.31. The van der Waals surface area contributed by atoms with Crippen molar-refractivity contribution >= 4 is 5.78 Å². The van der Waals surface area contributed by atoms with E-state index in [0.717, 1.165) is 12.2 Å². The highest BCUT2D eigenvalue weighted by atomic mass is 16.5. The molecular formula is C14H18O2. The number of aryl methyl sites for hydroxylation is 2. The Labute approximate surface area is 96.6 Å². The van der Waals surface area contributed by atoms with Gasteiger partial charge in [-0.1, -0.05) is 6.07 Å². The minimum atomic E-state index is -0.0306. The van der Waals surface area contributed by atoms with E-state index >= 15 is 0 Å². The fourth-order valence-electron chi connectivity index (χ4n) is 2.30. The summed E-state index contributed by atoms with van der Waals surface area (Å²) in [5.41, 5.74) is 2.86. The Kier molecular flexibility index (Phi) is 3.28. The summed E-state index contributed by atoms with van der Waals surface area (Å²) in [6.07, 6.45) is 4.06. The van der Waals surface area contributed by atoms with E-state index in [2.05, 4.69) is 12.1 Å². The lowest BCUT2D eigenvalue weighted by Crippen LogP contribution is -2.15. The molecule has 0 aromatic heterocycles. The molecule has 0 saturated heterocycles. The number of ketones is 1. The van der Waals surface area contributed by atoms with Gasteiger partial charge in [0.05, 0.1) is 0 Å². The second-order valence-electron chi connectivity index (χ2n) is 4.62. The molecule has 1 atom stereocenters. The van der Waals surface area contributed by atoms with Crippen molar-refractivity contribution in [3.8, 4) is 5.75 Å². The van der Waals surface area contributed by atoms with Gasteiger partial charge in [0.15, 0.2) is 0 Å². The Bertz CT molecular complexity index is 396. The van der Waals surface area contributed by atoms with Gasteiger partial charge in [-0.2, -0.15) is 0 Å². The highest BCUT2D eigenvalue weighted by Gasteiger charge is 2.13. The molecule has 0 heterocycles. The monoisotopic (exact) mass is 218 g/mol. The number of benzene rings is 1. The van der Waals surface area contributed by atoms with Crippen LogP contribution in [0.15, 0.2) is 18.2 Å². The molecule has 1 aromatic carbocycles. The first-order valence-electron chi connectivity index (χ1n) is 5.93. The first-order valence-corrected chi connectivity index (χ1v) is 5.93. The van der Waals surface area contributed by atoms with Crippen LogP contribution < -0.4 is 4.74 Å². The van der Waals surface area contributed by atoms with Crippen molar-refractivity contribution in [2.24, 2.45) is 0 Å². The molecule has 0 spiro atoms. The number of hydrogen-bond donors (Lipinski definition) is 0. The number of ether oxygens (including phenoxy) is 1. The van der Waals surface area contributed by atoms with Gasteiger partial charge in [0.25, 0.3) is 0 Å². The van der Waals surface area contributed by atoms with E-state index in [4.69, 9.17) is 4.74 Å². The van der Waals surface area contributed by atoms with Crippen LogP contribution in [0.5, 0.6) is 5.75 Å². The fourth-order valence-corrected chi connectivity index (χ4v) is 2.30. The Morgan fingerprint density at radius 1 is 1.38 bits per heavy atom. The van der Waals surface area contributed by atoms with Gasteiger partial charge >= 0.3 is 0 Å². The molecule has 1 unspecified atom stereocenters. The van der Waals surface area contributed by atoms with Gasteiger partial charge in [0.2, 0.25) is 0 Å².